The van der Waals surface area contributed by atoms with Crippen molar-refractivity contribution in [3.05, 3.63) is 66.1 Å². The van der Waals surface area contributed by atoms with Gasteiger partial charge in [0.2, 0.25) is 0 Å². The standard InChI is InChI=1S/C18H17F2N3O4S/c1-26-15-8-14(27-18(19)20)10-22-17(15)23-28(24,25)16-11-21-9-13(16)7-12-5-3-2-4-6-12/h2-6,8-11,18,21H,7H2,1H3,(H,22,23). The first-order valence-corrected chi connectivity index (χ1v) is 9.58. The van der Waals surface area contributed by atoms with Crippen LogP contribution in [0.25, 0.3) is 0 Å². The fraction of sp³-hybridized carbons (Fsp3) is 0.167. The number of rotatable bonds is 8. The molecule has 3 rings (SSSR count). The maximum atomic E-state index is 12.8. The monoisotopic (exact) mass is 409 g/mol. The Morgan fingerprint density at radius 2 is 1.96 bits per heavy atom. The van der Waals surface area contributed by atoms with Gasteiger partial charge < -0.3 is 14.5 Å². The summed E-state index contributed by atoms with van der Waals surface area (Å²) in [5.74, 6) is -0.445. The van der Waals surface area contributed by atoms with Crippen molar-refractivity contribution < 1.29 is 26.7 Å². The Labute approximate surface area is 160 Å². The van der Waals surface area contributed by atoms with Crippen LogP contribution in [0.2, 0.25) is 0 Å². The summed E-state index contributed by atoms with van der Waals surface area (Å²) < 4.78 is 61.9. The Balaban J connectivity index is 1.86. The van der Waals surface area contributed by atoms with Crippen molar-refractivity contribution in [2.75, 3.05) is 11.8 Å². The summed E-state index contributed by atoms with van der Waals surface area (Å²) in [6.07, 6.45) is 4.36. The molecule has 3 aromatic rings. The third-order valence-electron chi connectivity index (χ3n) is 3.82. The molecule has 1 aromatic carbocycles. The molecule has 0 saturated heterocycles. The molecule has 2 aromatic heterocycles. The van der Waals surface area contributed by atoms with E-state index < -0.39 is 16.6 Å². The van der Waals surface area contributed by atoms with Gasteiger partial charge in [-0.05, 0) is 11.1 Å². The molecule has 0 radical (unpaired) electrons. The van der Waals surface area contributed by atoms with E-state index in [9.17, 15) is 17.2 Å². The predicted molar refractivity (Wildman–Crippen MR) is 98.3 cm³/mol. The summed E-state index contributed by atoms with van der Waals surface area (Å²) in [5, 5.41) is 0. The quantitative estimate of drug-likeness (QED) is 0.595. The van der Waals surface area contributed by atoms with Crippen LogP contribution < -0.4 is 14.2 Å². The van der Waals surface area contributed by atoms with E-state index in [0.717, 1.165) is 17.8 Å². The molecule has 0 atom stereocenters. The van der Waals surface area contributed by atoms with Crippen molar-refractivity contribution in [2.24, 2.45) is 0 Å². The lowest BCUT2D eigenvalue weighted by molar-refractivity contribution is -0.0501. The Morgan fingerprint density at radius 1 is 1.21 bits per heavy atom. The first kappa shape index (κ1) is 19.6. The minimum atomic E-state index is -4.00. The molecule has 2 heterocycles. The van der Waals surface area contributed by atoms with Gasteiger partial charge in [-0.3, -0.25) is 4.72 Å². The lowest BCUT2D eigenvalue weighted by atomic mass is 10.1. The van der Waals surface area contributed by atoms with E-state index >= 15 is 0 Å². The molecule has 0 aliphatic heterocycles. The van der Waals surface area contributed by atoms with Gasteiger partial charge in [0.15, 0.2) is 11.6 Å². The maximum absolute atomic E-state index is 12.8. The number of aromatic amines is 1. The van der Waals surface area contributed by atoms with Crippen LogP contribution in [0.4, 0.5) is 14.6 Å². The average molecular weight is 409 g/mol. The van der Waals surface area contributed by atoms with E-state index in [1.807, 2.05) is 30.3 Å². The molecule has 28 heavy (non-hydrogen) atoms. The van der Waals surface area contributed by atoms with Crippen molar-refractivity contribution in [1.82, 2.24) is 9.97 Å². The number of ether oxygens (including phenoxy) is 2. The Hall–Kier alpha value is -3.14. The molecule has 0 aliphatic rings. The van der Waals surface area contributed by atoms with Gasteiger partial charge in [0.25, 0.3) is 10.0 Å². The molecule has 2 N–H and O–H groups in total. The number of anilines is 1. The van der Waals surface area contributed by atoms with Crippen molar-refractivity contribution in [2.45, 2.75) is 17.9 Å². The van der Waals surface area contributed by atoms with Crippen molar-refractivity contribution in [1.29, 1.82) is 0 Å². The van der Waals surface area contributed by atoms with E-state index in [0.29, 0.717) is 12.0 Å². The molecule has 0 bridgehead atoms. The van der Waals surface area contributed by atoms with E-state index in [-0.39, 0.29) is 22.2 Å². The fourth-order valence-corrected chi connectivity index (χ4v) is 3.81. The Bertz CT molecular complexity index is 1040. The number of nitrogens with one attached hydrogen (secondary N) is 2. The number of hydrogen-bond donors (Lipinski definition) is 2. The number of benzene rings is 1. The van der Waals surface area contributed by atoms with Gasteiger partial charge in [-0.15, -0.1) is 0 Å². The summed E-state index contributed by atoms with van der Waals surface area (Å²) >= 11 is 0. The van der Waals surface area contributed by atoms with Gasteiger partial charge in [-0.2, -0.15) is 8.78 Å². The predicted octanol–water partition coefficient (Wildman–Crippen LogP) is 3.41. The largest absolute Gasteiger partial charge is 0.493 e. The second-order valence-corrected chi connectivity index (χ2v) is 7.36. The number of sulfonamides is 1. The molecule has 0 unspecified atom stereocenters. The number of methoxy groups -OCH3 is 1. The smallest absolute Gasteiger partial charge is 0.387 e. The highest BCUT2D eigenvalue weighted by atomic mass is 32.2. The van der Waals surface area contributed by atoms with Gasteiger partial charge in [0.1, 0.15) is 10.6 Å². The topological polar surface area (TPSA) is 93.3 Å². The molecule has 0 aliphatic carbocycles. The SMILES string of the molecule is COc1cc(OC(F)F)cnc1NS(=O)(=O)c1c[nH]cc1Cc1ccccc1. The zero-order valence-corrected chi connectivity index (χ0v) is 15.5. The Kier molecular flexibility index (Phi) is 5.78. The highest BCUT2D eigenvalue weighted by molar-refractivity contribution is 7.92. The molecule has 0 spiro atoms. The normalized spacial score (nSPS) is 11.4. The highest BCUT2D eigenvalue weighted by Crippen LogP contribution is 2.30. The van der Waals surface area contributed by atoms with Gasteiger partial charge >= 0.3 is 6.61 Å². The zero-order chi connectivity index (χ0) is 20.1. The fourth-order valence-electron chi connectivity index (χ4n) is 2.59. The van der Waals surface area contributed by atoms with Gasteiger partial charge in [0.05, 0.1) is 13.3 Å². The summed E-state index contributed by atoms with van der Waals surface area (Å²) in [6, 6.07) is 10.5. The number of alkyl halides is 2. The number of pyridine rings is 1. The van der Waals surface area contributed by atoms with Crippen molar-refractivity contribution in [3.63, 3.8) is 0 Å². The number of halogens is 2. The van der Waals surface area contributed by atoms with E-state index in [1.54, 1.807) is 6.20 Å². The van der Waals surface area contributed by atoms with Crippen LogP contribution in [-0.2, 0) is 16.4 Å². The van der Waals surface area contributed by atoms with Gasteiger partial charge in [0, 0.05) is 24.9 Å². The summed E-state index contributed by atoms with van der Waals surface area (Å²) in [5.41, 5.74) is 1.51. The number of hydrogen-bond acceptors (Lipinski definition) is 5. The van der Waals surface area contributed by atoms with Crippen LogP contribution in [-0.4, -0.2) is 32.1 Å². The second-order valence-electron chi connectivity index (χ2n) is 5.71. The molecule has 10 heteroatoms. The molecule has 148 valence electrons. The molecule has 0 amide bonds. The lowest BCUT2D eigenvalue weighted by Crippen LogP contribution is -2.16. The van der Waals surface area contributed by atoms with Crippen LogP contribution in [0.1, 0.15) is 11.1 Å². The molecular weight excluding hydrogens is 392 g/mol. The maximum Gasteiger partial charge on any atom is 0.387 e. The molecule has 0 fully saturated rings. The van der Waals surface area contributed by atoms with E-state index in [2.05, 4.69) is 19.4 Å². The van der Waals surface area contributed by atoms with Gasteiger partial charge in [-0.1, -0.05) is 30.3 Å². The van der Waals surface area contributed by atoms with Crippen molar-refractivity contribution in [3.8, 4) is 11.5 Å². The van der Waals surface area contributed by atoms with Crippen LogP contribution in [0, 0.1) is 0 Å². The highest BCUT2D eigenvalue weighted by Gasteiger charge is 2.22. The van der Waals surface area contributed by atoms with Crippen LogP contribution in [0.5, 0.6) is 11.5 Å². The summed E-state index contributed by atoms with van der Waals surface area (Å²) in [7, 11) is -2.74. The molecular formula is C18H17F2N3O4S. The Morgan fingerprint density at radius 3 is 2.64 bits per heavy atom. The van der Waals surface area contributed by atoms with Gasteiger partial charge in [-0.25, -0.2) is 13.4 Å². The van der Waals surface area contributed by atoms with Crippen LogP contribution in [0.15, 0.2) is 59.9 Å². The van der Waals surface area contributed by atoms with E-state index in [1.165, 1.54) is 13.3 Å². The summed E-state index contributed by atoms with van der Waals surface area (Å²) in [4.78, 5) is 6.67. The minimum Gasteiger partial charge on any atom is -0.493 e. The average Bonchev–Trinajstić information content (AvgIpc) is 3.12. The molecule has 7 nitrogen and oxygen atoms in total. The number of H-pyrrole nitrogens is 1. The lowest BCUT2D eigenvalue weighted by Gasteiger charge is -2.13. The first-order chi connectivity index (χ1) is 13.4. The minimum absolute atomic E-state index is 0.0492. The third kappa shape index (κ3) is 4.58. The number of aromatic nitrogens is 2. The molecule has 0 saturated carbocycles. The first-order valence-electron chi connectivity index (χ1n) is 8.10. The third-order valence-corrected chi connectivity index (χ3v) is 5.24. The number of nitrogens with zero attached hydrogens (tertiary/aromatic N) is 1. The van der Waals surface area contributed by atoms with Crippen molar-refractivity contribution >= 4 is 15.8 Å². The zero-order valence-electron chi connectivity index (χ0n) is 14.7. The second kappa shape index (κ2) is 8.26. The van der Waals surface area contributed by atoms with E-state index in [4.69, 9.17) is 4.74 Å². The van der Waals surface area contributed by atoms with Crippen LogP contribution in [0.3, 0.4) is 0 Å². The van der Waals surface area contributed by atoms with Crippen LogP contribution >= 0.6 is 0 Å². The summed E-state index contributed by atoms with van der Waals surface area (Å²) in [6.45, 7) is -3.03.